The van der Waals surface area contributed by atoms with E-state index in [-0.39, 0.29) is 12.5 Å². The Balaban J connectivity index is 2.16. The van der Waals surface area contributed by atoms with Gasteiger partial charge in [0.05, 0.1) is 27.7 Å². The number of aromatic nitrogens is 1. The van der Waals surface area contributed by atoms with Crippen molar-refractivity contribution in [2.24, 2.45) is 0 Å². The summed E-state index contributed by atoms with van der Waals surface area (Å²) in [7, 11) is 0. The molecule has 0 saturated heterocycles. The Morgan fingerprint density at radius 3 is 3.00 bits per heavy atom. The van der Waals surface area contributed by atoms with Crippen LogP contribution < -0.4 is 5.32 Å². The van der Waals surface area contributed by atoms with Gasteiger partial charge in [0.25, 0.3) is 5.91 Å². The van der Waals surface area contributed by atoms with Gasteiger partial charge < -0.3 is 10.4 Å². The van der Waals surface area contributed by atoms with E-state index in [4.69, 9.17) is 5.11 Å². The van der Waals surface area contributed by atoms with Gasteiger partial charge in [0.2, 0.25) is 0 Å². The van der Waals surface area contributed by atoms with Crippen molar-refractivity contribution in [1.29, 1.82) is 0 Å². The summed E-state index contributed by atoms with van der Waals surface area (Å²) in [6, 6.07) is 5.44. The van der Waals surface area contributed by atoms with E-state index in [0.717, 1.165) is 16.1 Å². The number of amides is 1. The Bertz CT molecular complexity index is 711. The first-order chi connectivity index (χ1) is 10.1. The van der Waals surface area contributed by atoms with Gasteiger partial charge in [-0.3, -0.25) is 9.78 Å². The molecule has 0 unspecified atom stereocenters. The molecule has 0 aromatic carbocycles. The summed E-state index contributed by atoms with van der Waals surface area (Å²) in [5.74, 6) is 5.69. The van der Waals surface area contributed by atoms with E-state index in [0.29, 0.717) is 17.0 Å². The third kappa shape index (κ3) is 3.91. The average molecular weight is 300 g/mol. The average Bonchev–Trinajstić information content (AvgIpc) is 2.83. The van der Waals surface area contributed by atoms with E-state index in [1.165, 1.54) is 11.3 Å². The fraction of sp³-hybridized carbons (Fsp3) is 0.250. The van der Waals surface area contributed by atoms with Crippen LogP contribution in [0.2, 0.25) is 0 Å². The highest BCUT2D eigenvalue weighted by molar-refractivity contribution is 7.14. The molecule has 2 N–H and O–H groups in total. The highest BCUT2D eigenvalue weighted by Gasteiger charge is 2.12. The van der Waals surface area contributed by atoms with Gasteiger partial charge in [0.1, 0.15) is 0 Å². The van der Waals surface area contributed by atoms with E-state index in [1.54, 1.807) is 12.3 Å². The van der Waals surface area contributed by atoms with Gasteiger partial charge in [-0.1, -0.05) is 11.8 Å². The minimum absolute atomic E-state index is 0.0467. The van der Waals surface area contributed by atoms with Crippen LogP contribution in [-0.4, -0.2) is 22.6 Å². The smallest absolute Gasteiger partial charge is 0.265 e. The molecule has 0 bridgehead atoms. The van der Waals surface area contributed by atoms with Crippen molar-refractivity contribution in [2.45, 2.75) is 20.3 Å². The molecule has 2 rings (SSSR count). The van der Waals surface area contributed by atoms with Gasteiger partial charge in [-0.15, -0.1) is 11.3 Å². The molecule has 0 atom stereocenters. The summed E-state index contributed by atoms with van der Waals surface area (Å²) >= 11 is 1.36. The first-order valence-corrected chi connectivity index (χ1v) is 7.36. The number of aryl methyl sites for hydroxylation is 2. The second-order valence-corrected chi connectivity index (χ2v) is 5.54. The van der Waals surface area contributed by atoms with Gasteiger partial charge in [-0.25, -0.2) is 0 Å². The van der Waals surface area contributed by atoms with Gasteiger partial charge in [0.15, 0.2) is 0 Å². The van der Waals surface area contributed by atoms with Crippen molar-refractivity contribution in [3.63, 3.8) is 0 Å². The van der Waals surface area contributed by atoms with Crippen LogP contribution in [0.4, 0.5) is 5.69 Å². The Labute approximate surface area is 127 Å². The maximum atomic E-state index is 12.2. The SMILES string of the molecule is Cc1cc(C(=O)Nc2cccnc2C)sc1C#CCCO. The molecular formula is C16H16N2O2S. The lowest BCUT2D eigenvalue weighted by Gasteiger charge is -2.05. The molecule has 0 aliphatic heterocycles. The van der Waals surface area contributed by atoms with Crippen molar-refractivity contribution >= 4 is 22.9 Å². The van der Waals surface area contributed by atoms with Crippen LogP contribution in [0.15, 0.2) is 24.4 Å². The summed E-state index contributed by atoms with van der Waals surface area (Å²) in [5, 5.41) is 11.6. The normalized spacial score (nSPS) is 9.86. The fourth-order valence-electron chi connectivity index (χ4n) is 1.72. The predicted molar refractivity (Wildman–Crippen MR) is 84.6 cm³/mol. The number of pyridine rings is 1. The minimum Gasteiger partial charge on any atom is -0.395 e. The zero-order valence-corrected chi connectivity index (χ0v) is 12.8. The highest BCUT2D eigenvalue weighted by Crippen LogP contribution is 2.22. The Morgan fingerprint density at radius 1 is 1.48 bits per heavy atom. The lowest BCUT2D eigenvalue weighted by molar-refractivity contribution is 0.103. The monoisotopic (exact) mass is 300 g/mol. The summed E-state index contributed by atoms with van der Waals surface area (Å²) in [6.07, 6.45) is 2.13. The largest absolute Gasteiger partial charge is 0.395 e. The van der Waals surface area contributed by atoms with Crippen molar-refractivity contribution < 1.29 is 9.90 Å². The van der Waals surface area contributed by atoms with Crippen LogP contribution in [0.1, 0.15) is 32.2 Å². The molecule has 0 aliphatic rings. The molecule has 5 heteroatoms. The first-order valence-electron chi connectivity index (χ1n) is 6.55. The van der Waals surface area contributed by atoms with Crippen molar-refractivity contribution in [2.75, 3.05) is 11.9 Å². The third-order valence-electron chi connectivity index (χ3n) is 2.84. The molecule has 2 heterocycles. The Kier molecular flexibility index (Phi) is 5.09. The second kappa shape index (κ2) is 7.02. The molecule has 0 aliphatic carbocycles. The van der Waals surface area contributed by atoms with E-state index in [1.807, 2.05) is 26.0 Å². The first kappa shape index (κ1) is 15.2. The Hall–Kier alpha value is -2.16. The van der Waals surface area contributed by atoms with E-state index >= 15 is 0 Å². The Morgan fingerprint density at radius 2 is 2.29 bits per heavy atom. The number of nitrogens with zero attached hydrogens (tertiary/aromatic N) is 1. The van der Waals surface area contributed by atoms with E-state index in [2.05, 4.69) is 22.1 Å². The molecule has 0 fully saturated rings. The summed E-state index contributed by atoms with van der Waals surface area (Å²) in [5.41, 5.74) is 2.46. The van der Waals surface area contributed by atoms with Crippen LogP contribution in [-0.2, 0) is 0 Å². The number of carbonyl (C=O) groups is 1. The molecule has 108 valence electrons. The van der Waals surface area contributed by atoms with Crippen LogP contribution in [0.3, 0.4) is 0 Å². The maximum Gasteiger partial charge on any atom is 0.265 e. The fourth-order valence-corrected chi connectivity index (χ4v) is 2.66. The number of anilines is 1. The molecule has 0 spiro atoms. The topological polar surface area (TPSA) is 62.2 Å². The second-order valence-electron chi connectivity index (χ2n) is 4.49. The van der Waals surface area contributed by atoms with Gasteiger partial charge in [0, 0.05) is 12.6 Å². The molecule has 1 amide bonds. The van der Waals surface area contributed by atoms with Gasteiger partial charge in [-0.2, -0.15) is 0 Å². The van der Waals surface area contributed by atoms with Gasteiger partial charge in [-0.05, 0) is 37.6 Å². The molecular weight excluding hydrogens is 284 g/mol. The molecule has 0 saturated carbocycles. The van der Waals surface area contributed by atoms with Crippen LogP contribution >= 0.6 is 11.3 Å². The lowest BCUT2D eigenvalue weighted by atomic mass is 10.2. The minimum atomic E-state index is -0.158. The maximum absolute atomic E-state index is 12.2. The van der Waals surface area contributed by atoms with E-state index in [9.17, 15) is 4.79 Å². The van der Waals surface area contributed by atoms with Crippen LogP contribution in [0.25, 0.3) is 0 Å². The third-order valence-corrected chi connectivity index (χ3v) is 3.99. The molecule has 21 heavy (non-hydrogen) atoms. The quantitative estimate of drug-likeness (QED) is 0.857. The number of carbonyl (C=O) groups excluding carboxylic acids is 1. The molecule has 4 nitrogen and oxygen atoms in total. The summed E-state index contributed by atoms with van der Waals surface area (Å²) in [4.78, 5) is 17.9. The zero-order valence-electron chi connectivity index (χ0n) is 11.9. The zero-order chi connectivity index (χ0) is 15.2. The van der Waals surface area contributed by atoms with Crippen molar-refractivity contribution in [3.05, 3.63) is 45.4 Å². The van der Waals surface area contributed by atoms with E-state index < -0.39 is 0 Å². The number of hydrogen-bond acceptors (Lipinski definition) is 4. The molecule has 2 aromatic rings. The number of aliphatic hydroxyl groups excluding tert-OH is 1. The predicted octanol–water partition coefficient (Wildman–Crippen LogP) is 2.75. The van der Waals surface area contributed by atoms with Crippen LogP contribution in [0, 0.1) is 25.7 Å². The molecule has 0 radical (unpaired) electrons. The highest BCUT2D eigenvalue weighted by atomic mass is 32.1. The van der Waals surface area contributed by atoms with Crippen molar-refractivity contribution in [3.8, 4) is 11.8 Å². The number of hydrogen-bond donors (Lipinski definition) is 2. The number of nitrogens with one attached hydrogen (secondary N) is 1. The standard InChI is InChI=1S/C16H16N2O2S/c1-11-10-15(21-14(11)7-3-4-9-19)16(20)18-13-6-5-8-17-12(13)2/h5-6,8,10,19H,4,9H2,1-2H3,(H,18,20). The summed E-state index contributed by atoms with van der Waals surface area (Å²) < 4.78 is 0. The number of thiophene rings is 1. The molecule has 2 aromatic heterocycles. The van der Waals surface area contributed by atoms with Gasteiger partial charge >= 0.3 is 0 Å². The number of aliphatic hydroxyl groups is 1. The summed E-state index contributed by atoms with van der Waals surface area (Å²) in [6.45, 7) is 3.82. The number of rotatable bonds is 3. The van der Waals surface area contributed by atoms with Crippen molar-refractivity contribution in [1.82, 2.24) is 4.98 Å². The van der Waals surface area contributed by atoms with Crippen LogP contribution in [0.5, 0.6) is 0 Å². The lowest BCUT2D eigenvalue weighted by Crippen LogP contribution is -2.11.